The molecule has 1 aliphatic rings. The van der Waals surface area contributed by atoms with Gasteiger partial charge in [0.15, 0.2) is 0 Å². The molecule has 7 nitrogen and oxygen atoms in total. The molecule has 7 heteroatoms. The second-order valence-corrected chi connectivity index (χ2v) is 4.58. The first-order chi connectivity index (χ1) is 8.72. The van der Waals surface area contributed by atoms with E-state index in [-0.39, 0.29) is 6.10 Å². The molecule has 2 rings (SSSR count). The molecular weight excluding hydrogens is 234 g/mol. The molecule has 0 bridgehead atoms. The highest BCUT2D eigenvalue weighted by molar-refractivity contribution is 5.28. The van der Waals surface area contributed by atoms with Gasteiger partial charge < -0.3 is 24.8 Å². The number of hydrogen-bond acceptors (Lipinski definition) is 7. The van der Waals surface area contributed by atoms with Gasteiger partial charge in [-0.25, -0.2) is 0 Å². The van der Waals surface area contributed by atoms with Crippen LogP contribution >= 0.6 is 0 Å². The van der Waals surface area contributed by atoms with Gasteiger partial charge in [0.25, 0.3) is 5.95 Å². The quantitative estimate of drug-likeness (QED) is 0.748. The molecule has 2 N–H and O–H groups in total. The van der Waals surface area contributed by atoms with Crippen molar-refractivity contribution in [3.8, 4) is 0 Å². The van der Waals surface area contributed by atoms with Crippen LogP contribution < -0.4 is 10.6 Å². The van der Waals surface area contributed by atoms with Gasteiger partial charge in [0, 0.05) is 39.8 Å². The zero-order chi connectivity index (χ0) is 13.0. The van der Waals surface area contributed by atoms with Crippen LogP contribution in [0.4, 0.5) is 5.95 Å². The number of likely N-dealkylation sites (N-methyl/N-ethyl adjacent to an activating group) is 1. The number of methoxy groups -OCH3 is 1. The number of nitrogens with two attached hydrogens (primary N) is 1. The highest BCUT2D eigenvalue weighted by Crippen LogP contribution is 2.13. The average molecular weight is 255 g/mol. The summed E-state index contributed by atoms with van der Waals surface area (Å²) in [5.74, 6) is 1.26. The van der Waals surface area contributed by atoms with Crippen LogP contribution in [0.15, 0.2) is 4.52 Å². The molecule has 1 unspecified atom stereocenters. The van der Waals surface area contributed by atoms with E-state index in [1.807, 2.05) is 0 Å². The van der Waals surface area contributed by atoms with Crippen molar-refractivity contribution < 1.29 is 9.26 Å². The Morgan fingerprint density at radius 2 is 2.11 bits per heavy atom. The number of aromatic nitrogens is 2. The van der Waals surface area contributed by atoms with Gasteiger partial charge in [0.05, 0.1) is 12.5 Å². The zero-order valence-corrected chi connectivity index (χ0v) is 11.0. The fourth-order valence-electron chi connectivity index (χ4n) is 1.92. The Balaban J connectivity index is 1.93. The van der Waals surface area contributed by atoms with Gasteiger partial charge in [-0.15, -0.1) is 0 Å². The summed E-state index contributed by atoms with van der Waals surface area (Å²) < 4.78 is 10.4. The Morgan fingerprint density at radius 3 is 2.72 bits per heavy atom. The molecule has 18 heavy (non-hydrogen) atoms. The zero-order valence-electron chi connectivity index (χ0n) is 11.0. The van der Waals surface area contributed by atoms with Gasteiger partial charge in [-0.1, -0.05) is 0 Å². The minimum absolute atomic E-state index is 0.0641. The standard InChI is InChI=1S/C11H21N5O2/c1-15-3-5-16(6-4-15)11-13-10(18-14-11)7-9(8-12)17-2/h9H,3-8,12H2,1-2H3. The fraction of sp³-hybridized carbons (Fsp3) is 0.818. The first-order valence-corrected chi connectivity index (χ1v) is 6.22. The molecule has 1 atom stereocenters. The fourth-order valence-corrected chi connectivity index (χ4v) is 1.92. The third kappa shape index (κ3) is 3.18. The average Bonchev–Trinajstić information content (AvgIpc) is 2.85. The van der Waals surface area contributed by atoms with Crippen molar-refractivity contribution in [1.29, 1.82) is 0 Å². The first kappa shape index (κ1) is 13.3. The van der Waals surface area contributed by atoms with Crippen molar-refractivity contribution in [3.63, 3.8) is 0 Å². The highest BCUT2D eigenvalue weighted by Gasteiger charge is 2.20. The van der Waals surface area contributed by atoms with Crippen LogP contribution in [0.3, 0.4) is 0 Å². The Kier molecular flexibility index (Phi) is 4.51. The van der Waals surface area contributed by atoms with E-state index in [9.17, 15) is 0 Å². The molecule has 0 aromatic carbocycles. The lowest BCUT2D eigenvalue weighted by molar-refractivity contribution is 0.102. The number of nitrogens with zero attached hydrogens (tertiary/aromatic N) is 4. The molecule has 0 radical (unpaired) electrons. The van der Waals surface area contributed by atoms with Crippen LogP contribution in [0.5, 0.6) is 0 Å². The van der Waals surface area contributed by atoms with Gasteiger partial charge in [0.1, 0.15) is 0 Å². The summed E-state index contributed by atoms with van der Waals surface area (Å²) in [5.41, 5.74) is 5.57. The van der Waals surface area contributed by atoms with Crippen LogP contribution in [0.25, 0.3) is 0 Å². The van der Waals surface area contributed by atoms with E-state index in [0.29, 0.717) is 24.8 Å². The van der Waals surface area contributed by atoms with Crippen LogP contribution in [-0.2, 0) is 11.2 Å². The molecule has 1 aliphatic heterocycles. The van der Waals surface area contributed by atoms with Crippen molar-refractivity contribution in [2.75, 3.05) is 51.8 Å². The van der Waals surface area contributed by atoms with E-state index in [2.05, 4.69) is 27.0 Å². The van der Waals surface area contributed by atoms with Crippen LogP contribution in [-0.4, -0.2) is 68.0 Å². The highest BCUT2D eigenvalue weighted by atomic mass is 16.5. The van der Waals surface area contributed by atoms with E-state index < -0.39 is 0 Å². The van der Waals surface area contributed by atoms with Gasteiger partial charge in [-0.2, -0.15) is 4.98 Å². The minimum Gasteiger partial charge on any atom is -0.380 e. The van der Waals surface area contributed by atoms with E-state index in [1.165, 1.54) is 0 Å². The maximum atomic E-state index is 5.57. The van der Waals surface area contributed by atoms with Crippen LogP contribution in [0.2, 0.25) is 0 Å². The third-order valence-electron chi connectivity index (χ3n) is 3.24. The van der Waals surface area contributed by atoms with E-state index in [0.717, 1.165) is 26.2 Å². The number of piperazine rings is 1. The SMILES string of the molecule is COC(CN)Cc1nc(N2CCN(C)CC2)no1. The van der Waals surface area contributed by atoms with Crippen molar-refractivity contribution in [3.05, 3.63) is 5.89 Å². The minimum atomic E-state index is -0.0641. The molecule has 0 spiro atoms. The molecule has 1 aromatic heterocycles. The van der Waals surface area contributed by atoms with Crippen molar-refractivity contribution >= 4 is 5.95 Å². The van der Waals surface area contributed by atoms with Gasteiger partial charge >= 0.3 is 0 Å². The summed E-state index contributed by atoms with van der Waals surface area (Å²) >= 11 is 0. The molecule has 1 saturated heterocycles. The summed E-state index contributed by atoms with van der Waals surface area (Å²) in [6, 6.07) is 0. The lowest BCUT2D eigenvalue weighted by Gasteiger charge is -2.31. The summed E-state index contributed by atoms with van der Waals surface area (Å²) in [5, 5.41) is 4.01. The Morgan fingerprint density at radius 1 is 1.39 bits per heavy atom. The van der Waals surface area contributed by atoms with Crippen molar-refractivity contribution in [2.24, 2.45) is 5.73 Å². The number of rotatable bonds is 5. The van der Waals surface area contributed by atoms with Gasteiger partial charge in [-0.05, 0) is 12.2 Å². The maximum absolute atomic E-state index is 5.57. The molecular formula is C11H21N5O2. The summed E-state index contributed by atoms with van der Waals surface area (Å²) in [6.45, 7) is 4.35. The Hall–Kier alpha value is -1.18. The topological polar surface area (TPSA) is 80.7 Å². The lowest BCUT2D eigenvalue weighted by Crippen LogP contribution is -2.44. The molecule has 1 fully saturated rings. The molecule has 0 aliphatic carbocycles. The van der Waals surface area contributed by atoms with Crippen LogP contribution in [0.1, 0.15) is 5.89 Å². The Labute approximate surface area is 107 Å². The number of ether oxygens (including phenoxy) is 1. The van der Waals surface area contributed by atoms with E-state index in [4.69, 9.17) is 15.0 Å². The van der Waals surface area contributed by atoms with Crippen LogP contribution in [0, 0.1) is 0 Å². The second kappa shape index (κ2) is 6.12. The number of hydrogen-bond donors (Lipinski definition) is 1. The predicted molar refractivity (Wildman–Crippen MR) is 67.6 cm³/mol. The van der Waals surface area contributed by atoms with Crippen molar-refractivity contribution in [2.45, 2.75) is 12.5 Å². The van der Waals surface area contributed by atoms with Gasteiger partial charge in [0.2, 0.25) is 5.89 Å². The molecule has 102 valence electrons. The maximum Gasteiger partial charge on any atom is 0.266 e. The molecule has 2 heterocycles. The monoisotopic (exact) mass is 255 g/mol. The largest absolute Gasteiger partial charge is 0.380 e. The van der Waals surface area contributed by atoms with E-state index >= 15 is 0 Å². The van der Waals surface area contributed by atoms with Gasteiger partial charge in [-0.3, -0.25) is 0 Å². The first-order valence-electron chi connectivity index (χ1n) is 6.22. The normalized spacial score (nSPS) is 19.2. The summed E-state index contributed by atoms with van der Waals surface area (Å²) in [4.78, 5) is 8.81. The molecule has 0 saturated carbocycles. The Bertz CT molecular complexity index is 358. The molecule has 1 aromatic rings. The second-order valence-electron chi connectivity index (χ2n) is 4.58. The third-order valence-corrected chi connectivity index (χ3v) is 3.24. The predicted octanol–water partition coefficient (Wildman–Crippen LogP) is -0.662. The number of anilines is 1. The van der Waals surface area contributed by atoms with E-state index in [1.54, 1.807) is 7.11 Å². The van der Waals surface area contributed by atoms with Crippen molar-refractivity contribution in [1.82, 2.24) is 15.0 Å². The summed E-state index contributed by atoms with van der Waals surface area (Å²) in [7, 11) is 3.75. The smallest absolute Gasteiger partial charge is 0.266 e. The lowest BCUT2D eigenvalue weighted by atomic mass is 10.2. The molecule has 0 amide bonds. The summed E-state index contributed by atoms with van der Waals surface area (Å²) in [6.07, 6.45) is 0.499.